The highest BCUT2D eigenvalue weighted by Crippen LogP contribution is 2.16. The predicted octanol–water partition coefficient (Wildman–Crippen LogP) is 3.16. The molecule has 0 N–H and O–H groups in total. The zero-order valence-electron chi connectivity index (χ0n) is 7.24. The summed E-state index contributed by atoms with van der Waals surface area (Å²) in [5, 5.41) is 0.435. The topological polar surface area (TPSA) is 30.2 Å². The van der Waals surface area contributed by atoms with Crippen LogP contribution < -0.4 is 0 Å². The van der Waals surface area contributed by atoms with E-state index in [1.54, 1.807) is 24.3 Å². The normalized spacial score (nSPS) is 10.1. The van der Waals surface area contributed by atoms with Crippen molar-refractivity contribution in [2.24, 2.45) is 0 Å². The highest BCUT2D eigenvalue weighted by Gasteiger charge is 2.12. The van der Waals surface area contributed by atoms with Gasteiger partial charge in [0.2, 0.25) is 5.78 Å². The van der Waals surface area contributed by atoms with Gasteiger partial charge in [0.1, 0.15) is 6.26 Å². The monoisotopic (exact) mass is 206 g/mol. The minimum atomic E-state index is -0.155. The van der Waals surface area contributed by atoms with Crippen molar-refractivity contribution < 1.29 is 9.21 Å². The van der Waals surface area contributed by atoms with Crippen LogP contribution in [0.5, 0.6) is 0 Å². The maximum Gasteiger partial charge on any atom is 0.228 e. The zero-order valence-corrected chi connectivity index (χ0v) is 7.99. The molecule has 0 saturated heterocycles. The van der Waals surface area contributed by atoms with Crippen molar-refractivity contribution in [2.75, 3.05) is 0 Å². The van der Waals surface area contributed by atoms with Gasteiger partial charge in [0.05, 0.1) is 5.02 Å². The lowest BCUT2D eigenvalue weighted by Gasteiger charge is -1.94. The van der Waals surface area contributed by atoms with Crippen molar-refractivity contribution in [3.8, 4) is 0 Å². The molecule has 70 valence electrons. The highest BCUT2D eigenvalue weighted by atomic mass is 35.5. The summed E-state index contributed by atoms with van der Waals surface area (Å²) in [5.74, 6) is 0.110. The molecule has 0 radical (unpaired) electrons. The van der Waals surface area contributed by atoms with Gasteiger partial charge >= 0.3 is 0 Å². The van der Waals surface area contributed by atoms with Crippen LogP contribution in [-0.2, 0) is 0 Å². The number of furan rings is 1. The van der Waals surface area contributed by atoms with E-state index in [2.05, 4.69) is 0 Å². The third-order valence-electron chi connectivity index (χ3n) is 1.83. The number of benzene rings is 1. The Kier molecular flexibility index (Phi) is 2.37. The second-order valence-corrected chi connectivity index (χ2v) is 3.26. The fraction of sp³-hybridized carbons (Fsp3) is 0. The molecule has 0 spiro atoms. The number of hydrogen-bond donors (Lipinski definition) is 0. The highest BCUT2D eigenvalue weighted by molar-refractivity contribution is 6.31. The summed E-state index contributed by atoms with van der Waals surface area (Å²) >= 11 is 5.65. The van der Waals surface area contributed by atoms with E-state index < -0.39 is 0 Å². The number of hydrogen-bond acceptors (Lipinski definition) is 2. The van der Waals surface area contributed by atoms with E-state index >= 15 is 0 Å². The van der Waals surface area contributed by atoms with Crippen molar-refractivity contribution in [1.29, 1.82) is 0 Å². The van der Waals surface area contributed by atoms with E-state index in [0.29, 0.717) is 10.6 Å². The van der Waals surface area contributed by atoms with Crippen LogP contribution in [0.1, 0.15) is 16.1 Å². The SMILES string of the molecule is O=C(c1ccccc1)c1cc(Cl)co1. The summed E-state index contributed by atoms with van der Waals surface area (Å²) in [6, 6.07) is 10.4. The zero-order chi connectivity index (χ0) is 9.97. The van der Waals surface area contributed by atoms with Crippen LogP contribution in [0.15, 0.2) is 47.1 Å². The van der Waals surface area contributed by atoms with Crippen LogP contribution >= 0.6 is 11.6 Å². The predicted molar refractivity (Wildman–Crippen MR) is 53.6 cm³/mol. The van der Waals surface area contributed by atoms with Crippen molar-refractivity contribution in [3.05, 3.63) is 59.0 Å². The molecule has 0 saturated carbocycles. The molecule has 14 heavy (non-hydrogen) atoms. The molecule has 1 aromatic carbocycles. The van der Waals surface area contributed by atoms with Gasteiger partial charge in [0.25, 0.3) is 0 Å². The molecule has 0 aliphatic heterocycles. The Balaban J connectivity index is 2.34. The Hall–Kier alpha value is -1.54. The number of halogens is 1. The second kappa shape index (κ2) is 3.68. The maximum absolute atomic E-state index is 11.7. The molecule has 2 aromatic rings. The molecule has 0 amide bonds. The lowest BCUT2D eigenvalue weighted by atomic mass is 10.1. The Morgan fingerprint density at radius 3 is 2.50 bits per heavy atom. The van der Waals surface area contributed by atoms with Crippen LogP contribution in [0.2, 0.25) is 5.02 Å². The Morgan fingerprint density at radius 1 is 1.21 bits per heavy atom. The number of carbonyl (C=O) groups excluding carboxylic acids is 1. The first kappa shape index (κ1) is 9.03. The van der Waals surface area contributed by atoms with Crippen molar-refractivity contribution >= 4 is 17.4 Å². The van der Waals surface area contributed by atoms with E-state index in [1.165, 1.54) is 12.3 Å². The lowest BCUT2D eigenvalue weighted by molar-refractivity contribution is 0.101. The van der Waals surface area contributed by atoms with E-state index in [9.17, 15) is 4.79 Å². The Bertz CT molecular complexity index is 445. The van der Waals surface area contributed by atoms with Crippen LogP contribution in [0.4, 0.5) is 0 Å². The molecule has 0 aliphatic carbocycles. The smallest absolute Gasteiger partial charge is 0.228 e. The lowest BCUT2D eigenvalue weighted by Crippen LogP contribution is -1.98. The van der Waals surface area contributed by atoms with Gasteiger partial charge in [-0.2, -0.15) is 0 Å². The summed E-state index contributed by atoms with van der Waals surface area (Å²) < 4.78 is 5.00. The third kappa shape index (κ3) is 1.70. The molecular formula is C11H7ClO2. The van der Waals surface area contributed by atoms with E-state index in [0.717, 1.165) is 0 Å². The third-order valence-corrected chi connectivity index (χ3v) is 2.03. The number of carbonyl (C=O) groups is 1. The molecule has 2 nitrogen and oxygen atoms in total. The molecule has 0 fully saturated rings. The second-order valence-electron chi connectivity index (χ2n) is 2.82. The van der Waals surface area contributed by atoms with Gasteiger partial charge in [0.15, 0.2) is 5.76 Å². The quantitative estimate of drug-likeness (QED) is 0.707. The molecule has 2 rings (SSSR count). The fourth-order valence-corrected chi connectivity index (χ4v) is 1.31. The van der Waals surface area contributed by atoms with Crippen LogP contribution in [0.25, 0.3) is 0 Å². The number of rotatable bonds is 2. The molecule has 0 aliphatic rings. The fourth-order valence-electron chi connectivity index (χ4n) is 1.16. The van der Waals surface area contributed by atoms with Gasteiger partial charge in [-0.15, -0.1) is 0 Å². The van der Waals surface area contributed by atoms with Crippen LogP contribution in [0, 0.1) is 0 Å². The summed E-state index contributed by atoms with van der Waals surface area (Å²) in [5.41, 5.74) is 0.596. The standard InChI is InChI=1S/C11H7ClO2/c12-9-6-10(14-7-9)11(13)8-4-2-1-3-5-8/h1-7H. The maximum atomic E-state index is 11.7. The van der Waals surface area contributed by atoms with Gasteiger partial charge in [-0.1, -0.05) is 41.9 Å². The first-order chi connectivity index (χ1) is 6.77. The van der Waals surface area contributed by atoms with Gasteiger partial charge in [-0.05, 0) is 0 Å². The summed E-state index contributed by atoms with van der Waals surface area (Å²) in [6.07, 6.45) is 1.34. The first-order valence-corrected chi connectivity index (χ1v) is 4.49. The van der Waals surface area contributed by atoms with Gasteiger partial charge < -0.3 is 4.42 Å². The van der Waals surface area contributed by atoms with E-state index in [4.69, 9.17) is 16.0 Å². The molecule has 1 heterocycles. The summed E-state index contributed by atoms with van der Waals surface area (Å²) in [7, 11) is 0. The van der Waals surface area contributed by atoms with Gasteiger partial charge in [0, 0.05) is 11.6 Å². The summed E-state index contributed by atoms with van der Waals surface area (Å²) in [4.78, 5) is 11.7. The number of ketones is 1. The molecular weight excluding hydrogens is 200 g/mol. The van der Waals surface area contributed by atoms with Crippen LogP contribution in [-0.4, -0.2) is 5.78 Å². The van der Waals surface area contributed by atoms with Crippen molar-refractivity contribution in [2.45, 2.75) is 0 Å². The van der Waals surface area contributed by atoms with Crippen LogP contribution in [0.3, 0.4) is 0 Å². The average molecular weight is 207 g/mol. The Morgan fingerprint density at radius 2 is 1.93 bits per heavy atom. The molecule has 0 unspecified atom stereocenters. The molecule has 0 atom stereocenters. The van der Waals surface area contributed by atoms with Gasteiger partial charge in [-0.25, -0.2) is 0 Å². The first-order valence-electron chi connectivity index (χ1n) is 4.11. The Labute approximate surface area is 86.1 Å². The summed E-state index contributed by atoms with van der Waals surface area (Å²) in [6.45, 7) is 0. The molecule has 3 heteroatoms. The molecule has 0 bridgehead atoms. The average Bonchev–Trinajstić information content (AvgIpc) is 2.65. The largest absolute Gasteiger partial charge is 0.459 e. The van der Waals surface area contributed by atoms with Crippen molar-refractivity contribution in [3.63, 3.8) is 0 Å². The minimum absolute atomic E-state index is 0.155. The van der Waals surface area contributed by atoms with E-state index in [-0.39, 0.29) is 11.5 Å². The minimum Gasteiger partial charge on any atom is -0.459 e. The van der Waals surface area contributed by atoms with Crippen molar-refractivity contribution in [1.82, 2.24) is 0 Å². The van der Waals surface area contributed by atoms with E-state index in [1.807, 2.05) is 6.07 Å². The molecule has 1 aromatic heterocycles. The van der Waals surface area contributed by atoms with Gasteiger partial charge in [-0.3, -0.25) is 4.79 Å².